The van der Waals surface area contributed by atoms with Gasteiger partial charge < -0.3 is 10.6 Å². The van der Waals surface area contributed by atoms with E-state index in [-0.39, 0.29) is 17.3 Å². The molecule has 1 aromatic rings. The SMILES string of the molecule is CNS(=O)(=O)c1ccc(NCC(=O)NC2CC2)cc1. The van der Waals surface area contributed by atoms with Gasteiger partial charge in [0.2, 0.25) is 15.9 Å². The van der Waals surface area contributed by atoms with Gasteiger partial charge in [-0.25, -0.2) is 13.1 Å². The van der Waals surface area contributed by atoms with Gasteiger partial charge in [0, 0.05) is 11.7 Å². The summed E-state index contributed by atoms with van der Waals surface area (Å²) >= 11 is 0. The second kappa shape index (κ2) is 5.58. The van der Waals surface area contributed by atoms with Crippen molar-refractivity contribution in [2.24, 2.45) is 0 Å². The third-order valence-corrected chi connectivity index (χ3v) is 4.26. The predicted molar refractivity (Wildman–Crippen MR) is 72.3 cm³/mol. The van der Waals surface area contributed by atoms with Crippen LogP contribution in [0.2, 0.25) is 0 Å². The topological polar surface area (TPSA) is 87.3 Å². The van der Waals surface area contributed by atoms with E-state index in [1.165, 1.54) is 19.2 Å². The maximum Gasteiger partial charge on any atom is 0.240 e. The molecular formula is C12H17N3O3S. The van der Waals surface area contributed by atoms with Crippen LogP contribution in [-0.2, 0) is 14.8 Å². The monoisotopic (exact) mass is 283 g/mol. The highest BCUT2D eigenvalue weighted by Crippen LogP contribution is 2.18. The molecule has 6 nitrogen and oxygen atoms in total. The largest absolute Gasteiger partial charge is 0.376 e. The van der Waals surface area contributed by atoms with Crippen molar-refractivity contribution >= 4 is 21.6 Å². The van der Waals surface area contributed by atoms with E-state index in [2.05, 4.69) is 15.4 Å². The molecule has 0 unspecified atom stereocenters. The van der Waals surface area contributed by atoms with Crippen LogP contribution in [0, 0.1) is 0 Å². The predicted octanol–water partition coefficient (Wildman–Crippen LogP) is 0.285. The third kappa shape index (κ3) is 3.93. The summed E-state index contributed by atoms with van der Waals surface area (Å²) in [6, 6.07) is 6.60. The summed E-state index contributed by atoms with van der Waals surface area (Å²) in [5.41, 5.74) is 0.709. The number of benzene rings is 1. The number of hydrogen-bond donors (Lipinski definition) is 3. The van der Waals surface area contributed by atoms with Gasteiger partial charge >= 0.3 is 0 Å². The zero-order chi connectivity index (χ0) is 13.9. The summed E-state index contributed by atoms with van der Waals surface area (Å²) in [6.07, 6.45) is 2.12. The summed E-state index contributed by atoms with van der Waals surface area (Å²) in [5.74, 6) is -0.0468. The van der Waals surface area contributed by atoms with E-state index in [1.807, 2.05) is 0 Å². The highest BCUT2D eigenvalue weighted by molar-refractivity contribution is 7.89. The average Bonchev–Trinajstić information content (AvgIpc) is 3.21. The first-order chi connectivity index (χ1) is 9.01. The number of carbonyl (C=O) groups excluding carboxylic acids is 1. The van der Waals surface area contributed by atoms with Gasteiger partial charge in [-0.05, 0) is 44.2 Å². The van der Waals surface area contributed by atoms with Gasteiger partial charge in [-0.3, -0.25) is 4.79 Å². The van der Waals surface area contributed by atoms with Crippen molar-refractivity contribution < 1.29 is 13.2 Å². The van der Waals surface area contributed by atoms with Gasteiger partial charge in [0.05, 0.1) is 11.4 Å². The van der Waals surface area contributed by atoms with Crippen LogP contribution in [-0.4, -0.2) is 34.0 Å². The Kier molecular flexibility index (Phi) is 4.06. The van der Waals surface area contributed by atoms with E-state index in [0.29, 0.717) is 11.7 Å². The molecule has 2 rings (SSSR count). The minimum Gasteiger partial charge on any atom is -0.376 e. The van der Waals surface area contributed by atoms with Crippen LogP contribution < -0.4 is 15.4 Å². The third-order valence-electron chi connectivity index (χ3n) is 2.83. The van der Waals surface area contributed by atoms with Crippen LogP contribution in [0.1, 0.15) is 12.8 Å². The molecule has 0 atom stereocenters. The quantitative estimate of drug-likeness (QED) is 0.700. The Morgan fingerprint density at radius 1 is 1.26 bits per heavy atom. The fraction of sp³-hybridized carbons (Fsp3) is 0.417. The Bertz CT molecular complexity index is 550. The lowest BCUT2D eigenvalue weighted by Crippen LogP contribution is -2.31. The average molecular weight is 283 g/mol. The highest BCUT2D eigenvalue weighted by atomic mass is 32.2. The number of carbonyl (C=O) groups is 1. The summed E-state index contributed by atoms with van der Waals surface area (Å²) in [6.45, 7) is 0.189. The smallest absolute Gasteiger partial charge is 0.240 e. The molecule has 1 amide bonds. The molecule has 0 saturated heterocycles. The van der Waals surface area contributed by atoms with E-state index in [0.717, 1.165) is 12.8 Å². The minimum absolute atomic E-state index is 0.0468. The molecule has 1 aromatic carbocycles. The molecule has 7 heteroatoms. The van der Waals surface area contributed by atoms with Crippen molar-refractivity contribution in [1.29, 1.82) is 0 Å². The van der Waals surface area contributed by atoms with Crippen molar-refractivity contribution in [2.75, 3.05) is 18.9 Å². The fourth-order valence-electron chi connectivity index (χ4n) is 1.56. The van der Waals surface area contributed by atoms with Crippen molar-refractivity contribution in [3.05, 3.63) is 24.3 Å². The first kappa shape index (κ1) is 13.8. The summed E-state index contributed by atoms with van der Waals surface area (Å²) in [4.78, 5) is 11.7. The van der Waals surface area contributed by atoms with Crippen LogP contribution in [0.3, 0.4) is 0 Å². The Morgan fingerprint density at radius 2 is 1.89 bits per heavy atom. The van der Waals surface area contributed by atoms with E-state index < -0.39 is 10.0 Å². The Labute approximate surface area is 112 Å². The summed E-state index contributed by atoms with van der Waals surface area (Å²) in [7, 11) is -2.05. The molecule has 104 valence electrons. The van der Waals surface area contributed by atoms with Gasteiger partial charge in [0.15, 0.2) is 0 Å². The first-order valence-electron chi connectivity index (χ1n) is 6.08. The molecule has 1 fully saturated rings. The zero-order valence-corrected chi connectivity index (χ0v) is 11.5. The molecular weight excluding hydrogens is 266 g/mol. The molecule has 0 aliphatic heterocycles. The maximum absolute atomic E-state index is 11.5. The number of nitrogens with one attached hydrogen (secondary N) is 3. The molecule has 0 spiro atoms. The number of amides is 1. The van der Waals surface area contributed by atoms with Crippen LogP contribution in [0.4, 0.5) is 5.69 Å². The van der Waals surface area contributed by atoms with Gasteiger partial charge in [0.1, 0.15) is 0 Å². The van der Waals surface area contributed by atoms with Crippen LogP contribution in [0.5, 0.6) is 0 Å². The summed E-state index contributed by atoms with van der Waals surface area (Å²) < 4.78 is 25.3. The zero-order valence-electron chi connectivity index (χ0n) is 10.6. The fourth-order valence-corrected chi connectivity index (χ4v) is 2.29. The molecule has 0 aromatic heterocycles. The van der Waals surface area contributed by atoms with Crippen LogP contribution >= 0.6 is 0 Å². The van der Waals surface area contributed by atoms with Gasteiger partial charge in [-0.1, -0.05) is 0 Å². The normalized spacial score (nSPS) is 15.0. The molecule has 1 aliphatic carbocycles. The molecule has 0 heterocycles. The van der Waals surface area contributed by atoms with Crippen molar-refractivity contribution in [2.45, 2.75) is 23.8 Å². The lowest BCUT2D eigenvalue weighted by atomic mass is 10.3. The Balaban J connectivity index is 1.89. The van der Waals surface area contributed by atoms with E-state index >= 15 is 0 Å². The maximum atomic E-state index is 11.5. The second-order valence-electron chi connectivity index (χ2n) is 4.43. The van der Waals surface area contributed by atoms with E-state index in [4.69, 9.17) is 0 Å². The first-order valence-corrected chi connectivity index (χ1v) is 7.56. The highest BCUT2D eigenvalue weighted by Gasteiger charge is 2.22. The molecule has 0 radical (unpaired) electrons. The van der Waals surface area contributed by atoms with Crippen LogP contribution in [0.15, 0.2) is 29.2 Å². The number of rotatable bonds is 6. The van der Waals surface area contributed by atoms with Crippen LogP contribution in [0.25, 0.3) is 0 Å². The standard InChI is InChI=1S/C12H17N3O3S/c1-13-19(17,18)11-6-4-9(5-7-11)14-8-12(16)15-10-2-3-10/h4-7,10,13-14H,2-3,8H2,1H3,(H,15,16). The van der Waals surface area contributed by atoms with Crippen molar-refractivity contribution in [1.82, 2.24) is 10.0 Å². The van der Waals surface area contributed by atoms with E-state index in [1.54, 1.807) is 12.1 Å². The lowest BCUT2D eigenvalue weighted by molar-refractivity contribution is -0.119. The molecule has 3 N–H and O–H groups in total. The Hall–Kier alpha value is -1.60. The van der Waals surface area contributed by atoms with Gasteiger partial charge in [0.25, 0.3) is 0 Å². The molecule has 0 bridgehead atoms. The number of sulfonamides is 1. The van der Waals surface area contributed by atoms with Gasteiger partial charge in [-0.2, -0.15) is 0 Å². The molecule has 1 saturated carbocycles. The number of hydrogen-bond acceptors (Lipinski definition) is 4. The number of anilines is 1. The van der Waals surface area contributed by atoms with Gasteiger partial charge in [-0.15, -0.1) is 0 Å². The molecule has 19 heavy (non-hydrogen) atoms. The lowest BCUT2D eigenvalue weighted by Gasteiger charge is -2.08. The van der Waals surface area contributed by atoms with Crippen molar-refractivity contribution in [3.8, 4) is 0 Å². The van der Waals surface area contributed by atoms with E-state index in [9.17, 15) is 13.2 Å². The van der Waals surface area contributed by atoms with Crippen molar-refractivity contribution in [3.63, 3.8) is 0 Å². The Morgan fingerprint density at radius 3 is 2.42 bits per heavy atom. The minimum atomic E-state index is -3.41. The molecule has 1 aliphatic rings. The summed E-state index contributed by atoms with van der Waals surface area (Å²) in [5, 5.41) is 5.81. The second-order valence-corrected chi connectivity index (χ2v) is 6.31.